The molecule has 6 nitrogen and oxygen atoms in total. The summed E-state index contributed by atoms with van der Waals surface area (Å²) in [6, 6.07) is 16.9. The van der Waals surface area contributed by atoms with Crippen LogP contribution in [0.3, 0.4) is 0 Å². The normalized spacial score (nSPS) is 15.5. The van der Waals surface area contributed by atoms with Gasteiger partial charge in [-0.05, 0) is 50.1 Å². The molecular formula is C22H26N6. The number of nitrogens with one attached hydrogen (secondary N) is 1. The van der Waals surface area contributed by atoms with Crippen molar-refractivity contribution < 1.29 is 0 Å². The lowest BCUT2D eigenvalue weighted by atomic mass is 10.0. The molecule has 0 spiro atoms. The maximum atomic E-state index is 8.70. The Labute approximate surface area is 165 Å². The summed E-state index contributed by atoms with van der Waals surface area (Å²) in [5.41, 5.74) is 3.17. The van der Waals surface area contributed by atoms with Crippen LogP contribution < -0.4 is 5.32 Å². The van der Waals surface area contributed by atoms with E-state index in [4.69, 9.17) is 10.2 Å². The van der Waals surface area contributed by atoms with Crippen LogP contribution in [0.5, 0.6) is 0 Å². The average Bonchev–Trinajstić information content (AvgIpc) is 3.07. The molecule has 1 aromatic carbocycles. The Kier molecular flexibility index (Phi) is 5.83. The van der Waals surface area contributed by atoms with Crippen molar-refractivity contribution in [1.29, 1.82) is 5.26 Å². The van der Waals surface area contributed by atoms with Crippen LogP contribution in [-0.4, -0.2) is 45.1 Å². The van der Waals surface area contributed by atoms with Crippen LogP contribution >= 0.6 is 0 Å². The molecule has 0 radical (unpaired) electrons. The first-order valence-electron chi connectivity index (χ1n) is 10.0. The summed E-state index contributed by atoms with van der Waals surface area (Å²) in [6.45, 7) is 3.88. The zero-order valence-electron chi connectivity index (χ0n) is 16.1. The zero-order valence-corrected chi connectivity index (χ0v) is 16.1. The van der Waals surface area contributed by atoms with Gasteiger partial charge in [0, 0.05) is 31.7 Å². The number of unbranched alkanes of at least 4 members (excludes halogenated alkanes) is 1. The Morgan fingerprint density at radius 3 is 2.71 bits per heavy atom. The van der Waals surface area contributed by atoms with Crippen molar-refractivity contribution >= 4 is 17.0 Å². The van der Waals surface area contributed by atoms with Crippen LogP contribution in [0.1, 0.15) is 31.4 Å². The topological polar surface area (TPSA) is 69.8 Å². The van der Waals surface area contributed by atoms with Crippen LogP contribution in [0.4, 0.5) is 5.95 Å². The summed E-state index contributed by atoms with van der Waals surface area (Å²) < 4.78 is 2.23. The van der Waals surface area contributed by atoms with E-state index >= 15 is 0 Å². The van der Waals surface area contributed by atoms with Gasteiger partial charge in [-0.2, -0.15) is 5.26 Å². The van der Waals surface area contributed by atoms with E-state index in [0.29, 0.717) is 19.0 Å². The van der Waals surface area contributed by atoms with E-state index in [9.17, 15) is 0 Å². The molecule has 3 aromatic rings. The lowest BCUT2D eigenvalue weighted by Crippen LogP contribution is -2.39. The van der Waals surface area contributed by atoms with Crippen LogP contribution in [-0.2, 0) is 6.54 Å². The van der Waals surface area contributed by atoms with Gasteiger partial charge in [0.05, 0.1) is 29.3 Å². The third kappa shape index (κ3) is 4.32. The summed E-state index contributed by atoms with van der Waals surface area (Å²) in [6.07, 6.45) is 5.65. The number of benzene rings is 1. The van der Waals surface area contributed by atoms with Crippen LogP contribution in [0.2, 0.25) is 0 Å². The Bertz CT molecular complexity index is 935. The van der Waals surface area contributed by atoms with E-state index in [1.54, 1.807) is 0 Å². The van der Waals surface area contributed by atoms with Gasteiger partial charge in [-0.1, -0.05) is 18.2 Å². The lowest BCUT2D eigenvalue weighted by molar-refractivity contribution is 0.217. The summed E-state index contributed by atoms with van der Waals surface area (Å²) >= 11 is 0. The molecule has 6 heteroatoms. The number of nitrogens with zero attached hydrogens (tertiary/aromatic N) is 5. The summed E-state index contributed by atoms with van der Waals surface area (Å²) in [5, 5.41) is 12.4. The highest BCUT2D eigenvalue weighted by Crippen LogP contribution is 2.23. The van der Waals surface area contributed by atoms with Crippen molar-refractivity contribution in [2.45, 2.75) is 38.3 Å². The second-order valence-electron chi connectivity index (χ2n) is 7.35. The highest BCUT2D eigenvalue weighted by atomic mass is 15.2. The molecule has 4 rings (SSSR count). The first-order valence-corrected chi connectivity index (χ1v) is 10.0. The number of aromatic nitrogens is 3. The molecule has 144 valence electrons. The zero-order chi connectivity index (χ0) is 19.2. The first-order chi connectivity index (χ1) is 13.8. The second-order valence-corrected chi connectivity index (χ2v) is 7.35. The standard InChI is InChI=1S/C22H26N6/c23-12-4-6-14-27-15-10-18(11-16-27)25-22-26-20-8-1-2-9-21(20)28(22)17-19-7-3-5-13-24-19/h1-3,5,7-9,13,18H,4,6,10-11,14-17H2,(H,25,26). The smallest absolute Gasteiger partial charge is 0.204 e. The third-order valence-electron chi connectivity index (χ3n) is 5.38. The number of nitriles is 1. The molecule has 28 heavy (non-hydrogen) atoms. The van der Waals surface area contributed by atoms with Gasteiger partial charge >= 0.3 is 0 Å². The maximum Gasteiger partial charge on any atom is 0.204 e. The van der Waals surface area contributed by atoms with Crippen LogP contribution in [0.15, 0.2) is 48.7 Å². The Morgan fingerprint density at radius 2 is 1.93 bits per heavy atom. The van der Waals surface area contributed by atoms with Gasteiger partial charge < -0.3 is 14.8 Å². The minimum Gasteiger partial charge on any atom is -0.353 e. The monoisotopic (exact) mass is 374 g/mol. The quantitative estimate of drug-likeness (QED) is 0.639. The Hall–Kier alpha value is -2.91. The minimum atomic E-state index is 0.423. The molecule has 2 aromatic heterocycles. The molecule has 0 saturated carbocycles. The van der Waals surface area contributed by atoms with Crippen molar-refractivity contribution in [1.82, 2.24) is 19.4 Å². The molecule has 1 fully saturated rings. The molecule has 0 amide bonds. The molecule has 1 saturated heterocycles. The van der Waals surface area contributed by atoms with E-state index in [-0.39, 0.29) is 0 Å². The van der Waals surface area contributed by atoms with Crippen molar-refractivity contribution in [3.05, 3.63) is 54.4 Å². The van der Waals surface area contributed by atoms with Gasteiger partial charge in [0.25, 0.3) is 0 Å². The molecule has 1 aliphatic heterocycles. The summed E-state index contributed by atoms with van der Waals surface area (Å²) in [7, 11) is 0. The molecule has 0 aliphatic carbocycles. The highest BCUT2D eigenvalue weighted by Gasteiger charge is 2.21. The third-order valence-corrected chi connectivity index (χ3v) is 5.38. The number of rotatable bonds is 7. The maximum absolute atomic E-state index is 8.70. The average molecular weight is 374 g/mol. The number of fused-ring (bicyclic) bond motifs is 1. The second kappa shape index (κ2) is 8.85. The Morgan fingerprint density at radius 1 is 1.11 bits per heavy atom. The fourth-order valence-corrected chi connectivity index (χ4v) is 3.86. The van der Waals surface area contributed by atoms with Gasteiger partial charge in [0.2, 0.25) is 5.95 Å². The molecule has 0 bridgehead atoms. The van der Waals surface area contributed by atoms with Gasteiger partial charge in [-0.15, -0.1) is 0 Å². The van der Waals surface area contributed by atoms with E-state index < -0.39 is 0 Å². The minimum absolute atomic E-state index is 0.423. The first kappa shape index (κ1) is 18.5. The number of pyridine rings is 1. The van der Waals surface area contributed by atoms with Gasteiger partial charge in [0.15, 0.2) is 0 Å². The van der Waals surface area contributed by atoms with Crippen molar-refractivity contribution in [3.8, 4) is 6.07 Å². The van der Waals surface area contributed by atoms with Gasteiger partial charge in [-0.25, -0.2) is 4.98 Å². The van der Waals surface area contributed by atoms with Crippen molar-refractivity contribution in [3.63, 3.8) is 0 Å². The summed E-state index contributed by atoms with van der Waals surface area (Å²) in [5.74, 6) is 0.926. The van der Waals surface area contributed by atoms with Crippen LogP contribution in [0, 0.1) is 11.3 Å². The number of para-hydroxylation sites is 2. The highest BCUT2D eigenvalue weighted by molar-refractivity contribution is 5.78. The number of hydrogen-bond donors (Lipinski definition) is 1. The summed E-state index contributed by atoms with van der Waals surface area (Å²) in [4.78, 5) is 11.8. The molecule has 0 unspecified atom stereocenters. The molecule has 3 heterocycles. The Balaban J connectivity index is 1.47. The van der Waals surface area contributed by atoms with Crippen molar-refractivity contribution in [2.24, 2.45) is 0 Å². The fourth-order valence-electron chi connectivity index (χ4n) is 3.86. The van der Waals surface area contributed by atoms with Crippen molar-refractivity contribution in [2.75, 3.05) is 25.0 Å². The lowest BCUT2D eigenvalue weighted by Gasteiger charge is -2.32. The number of likely N-dealkylation sites (tertiary alicyclic amines) is 1. The number of imidazole rings is 1. The number of piperidine rings is 1. The van der Waals surface area contributed by atoms with E-state index in [2.05, 4.69) is 50.1 Å². The van der Waals surface area contributed by atoms with Gasteiger partial charge in [0.1, 0.15) is 0 Å². The fraction of sp³-hybridized carbons (Fsp3) is 0.409. The SMILES string of the molecule is N#CCCCN1CCC(Nc2nc3ccccc3n2Cc2ccccn2)CC1. The molecule has 1 aliphatic rings. The van der Waals surface area contributed by atoms with Crippen LogP contribution in [0.25, 0.3) is 11.0 Å². The number of hydrogen-bond acceptors (Lipinski definition) is 5. The largest absolute Gasteiger partial charge is 0.353 e. The van der Waals surface area contributed by atoms with E-state index in [1.807, 2.05) is 24.4 Å². The van der Waals surface area contributed by atoms with E-state index in [1.165, 1.54) is 0 Å². The molecular weight excluding hydrogens is 348 g/mol. The predicted molar refractivity (Wildman–Crippen MR) is 111 cm³/mol. The molecule has 1 N–H and O–H groups in total. The molecule has 0 atom stereocenters. The van der Waals surface area contributed by atoms with E-state index in [0.717, 1.165) is 61.6 Å². The number of anilines is 1. The van der Waals surface area contributed by atoms with Gasteiger partial charge in [-0.3, -0.25) is 4.98 Å². The predicted octanol–water partition coefficient (Wildman–Crippen LogP) is 3.66.